The molecule has 0 spiro atoms. The van der Waals surface area contributed by atoms with Gasteiger partial charge in [-0.3, -0.25) is 5.10 Å². The summed E-state index contributed by atoms with van der Waals surface area (Å²) in [6, 6.07) is 5.24. The first-order valence-corrected chi connectivity index (χ1v) is 7.54. The fourth-order valence-corrected chi connectivity index (χ4v) is 2.72. The van der Waals surface area contributed by atoms with Gasteiger partial charge in [-0.05, 0) is 38.2 Å². The van der Waals surface area contributed by atoms with E-state index in [9.17, 15) is 5.11 Å². The van der Waals surface area contributed by atoms with E-state index in [0.29, 0.717) is 0 Å². The van der Waals surface area contributed by atoms with Gasteiger partial charge in [0.25, 0.3) is 0 Å². The maximum atomic E-state index is 9.56. The van der Waals surface area contributed by atoms with Crippen LogP contribution >= 0.6 is 0 Å². The number of fused-ring (bicyclic) bond motifs is 1. The number of anilines is 1. The van der Waals surface area contributed by atoms with Gasteiger partial charge in [-0.15, -0.1) is 0 Å². The third-order valence-corrected chi connectivity index (χ3v) is 4.09. The number of nitrogens with zero attached hydrogens (tertiary/aromatic N) is 3. The summed E-state index contributed by atoms with van der Waals surface area (Å²) in [5.74, 6) is 1.09. The fraction of sp³-hybridized carbons (Fsp3) is 0.533. The number of phenols is 1. The summed E-state index contributed by atoms with van der Waals surface area (Å²) >= 11 is 0. The number of H-pyrrole nitrogens is 1. The van der Waals surface area contributed by atoms with Crippen LogP contribution in [0.1, 0.15) is 6.42 Å². The molecule has 0 saturated carbocycles. The number of aromatic hydroxyl groups is 1. The molecule has 0 aliphatic carbocycles. The number of hydrogen-bond acceptors (Lipinski definition) is 5. The van der Waals surface area contributed by atoms with Crippen LogP contribution in [0.5, 0.6) is 5.75 Å². The van der Waals surface area contributed by atoms with Crippen molar-refractivity contribution < 1.29 is 5.11 Å². The summed E-state index contributed by atoms with van der Waals surface area (Å²) in [6.07, 6.45) is 1.09. The molecule has 1 fully saturated rings. The molecule has 1 aliphatic heterocycles. The second kappa shape index (κ2) is 6.32. The van der Waals surface area contributed by atoms with Crippen LogP contribution in [-0.2, 0) is 0 Å². The van der Waals surface area contributed by atoms with Gasteiger partial charge in [0.2, 0.25) is 0 Å². The van der Waals surface area contributed by atoms with Crippen LogP contribution < -0.4 is 5.32 Å². The number of likely N-dealkylation sites (N-methyl/N-ethyl adjacent to an activating group) is 1. The van der Waals surface area contributed by atoms with Crippen LogP contribution in [0.2, 0.25) is 0 Å². The summed E-state index contributed by atoms with van der Waals surface area (Å²) in [5, 5.41) is 21.1. The molecule has 1 aliphatic rings. The predicted octanol–water partition coefficient (Wildman–Crippen LogP) is 1.32. The number of nitrogens with one attached hydrogen (secondary N) is 2. The Morgan fingerprint density at radius 3 is 2.90 bits per heavy atom. The first-order valence-electron chi connectivity index (χ1n) is 7.54. The number of aromatic nitrogens is 2. The quantitative estimate of drug-likeness (QED) is 0.724. The van der Waals surface area contributed by atoms with Gasteiger partial charge in [-0.2, -0.15) is 5.10 Å². The normalized spacial score (nSPS) is 17.4. The van der Waals surface area contributed by atoms with Gasteiger partial charge in [0.1, 0.15) is 5.75 Å². The summed E-state index contributed by atoms with van der Waals surface area (Å²) in [4.78, 5) is 4.88. The third kappa shape index (κ3) is 3.46. The standard InChI is InChI=1S/C15H23N5O/c1-19-7-9-20(10-8-19)6-2-5-16-15-13-11-12(21)3-4-14(13)17-18-15/h3-4,11,21H,2,5-10H2,1H3,(H2,16,17,18). The zero-order chi connectivity index (χ0) is 14.7. The van der Waals surface area contributed by atoms with E-state index in [2.05, 4.69) is 32.4 Å². The average molecular weight is 289 g/mol. The Morgan fingerprint density at radius 1 is 1.29 bits per heavy atom. The number of rotatable bonds is 5. The number of benzene rings is 1. The smallest absolute Gasteiger partial charge is 0.155 e. The Hall–Kier alpha value is -1.79. The van der Waals surface area contributed by atoms with E-state index in [1.165, 1.54) is 0 Å². The Morgan fingerprint density at radius 2 is 2.10 bits per heavy atom. The van der Waals surface area contributed by atoms with Crippen LogP contribution in [0.3, 0.4) is 0 Å². The molecule has 0 atom stereocenters. The van der Waals surface area contributed by atoms with Crippen molar-refractivity contribution in [3.63, 3.8) is 0 Å². The lowest BCUT2D eigenvalue weighted by Gasteiger charge is -2.32. The van der Waals surface area contributed by atoms with Crippen molar-refractivity contribution in [2.45, 2.75) is 6.42 Å². The van der Waals surface area contributed by atoms with Crippen molar-refractivity contribution in [3.05, 3.63) is 18.2 Å². The lowest BCUT2D eigenvalue weighted by atomic mass is 10.2. The van der Waals surface area contributed by atoms with Gasteiger partial charge in [0.05, 0.1) is 5.52 Å². The number of phenolic OH excluding ortho intramolecular Hbond substituents is 1. The molecule has 2 heterocycles. The largest absolute Gasteiger partial charge is 0.508 e. The minimum absolute atomic E-state index is 0.268. The molecule has 21 heavy (non-hydrogen) atoms. The SMILES string of the molecule is CN1CCN(CCCNc2n[nH]c3ccc(O)cc23)CC1. The molecule has 0 bridgehead atoms. The van der Waals surface area contributed by atoms with Gasteiger partial charge >= 0.3 is 0 Å². The zero-order valence-corrected chi connectivity index (χ0v) is 12.5. The van der Waals surface area contributed by atoms with Crippen LogP contribution in [0.25, 0.3) is 10.9 Å². The predicted molar refractivity (Wildman–Crippen MR) is 84.8 cm³/mol. The second-order valence-electron chi connectivity index (χ2n) is 5.73. The highest BCUT2D eigenvalue weighted by molar-refractivity contribution is 5.90. The molecule has 1 saturated heterocycles. The molecule has 0 amide bonds. The van der Waals surface area contributed by atoms with Crippen LogP contribution in [0, 0.1) is 0 Å². The molecule has 0 radical (unpaired) electrons. The lowest BCUT2D eigenvalue weighted by molar-refractivity contribution is 0.154. The van der Waals surface area contributed by atoms with Crippen molar-refractivity contribution in [1.82, 2.24) is 20.0 Å². The molecular formula is C15H23N5O. The molecule has 6 nitrogen and oxygen atoms in total. The highest BCUT2D eigenvalue weighted by atomic mass is 16.3. The minimum Gasteiger partial charge on any atom is -0.508 e. The van der Waals surface area contributed by atoms with Gasteiger partial charge in [0, 0.05) is 38.1 Å². The van der Waals surface area contributed by atoms with Crippen LogP contribution in [0.4, 0.5) is 5.82 Å². The number of piperazine rings is 1. The van der Waals surface area contributed by atoms with Crippen molar-refractivity contribution in [2.75, 3.05) is 51.6 Å². The number of hydrogen-bond donors (Lipinski definition) is 3. The molecule has 2 aromatic rings. The van der Waals surface area contributed by atoms with E-state index in [0.717, 1.165) is 62.4 Å². The van der Waals surface area contributed by atoms with E-state index in [1.807, 2.05) is 6.07 Å². The van der Waals surface area contributed by atoms with Crippen LogP contribution in [-0.4, -0.2) is 71.4 Å². The zero-order valence-electron chi connectivity index (χ0n) is 12.5. The van der Waals surface area contributed by atoms with Gasteiger partial charge in [0.15, 0.2) is 5.82 Å². The molecule has 0 unspecified atom stereocenters. The monoisotopic (exact) mass is 289 g/mol. The topological polar surface area (TPSA) is 67.4 Å². The highest BCUT2D eigenvalue weighted by Gasteiger charge is 2.13. The molecular weight excluding hydrogens is 266 g/mol. The molecule has 114 valence electrons. The van der Waals surface area contributed by atoms with Gasteiger partial charge in [-0.25, -0.2) is 0 Å². The molecule has 1 aromatic carbocycles. The second-order valence-corrected chi connectivity index (χ2v) is 5.73. The van der Waals surface area contributed by atoms with Gasteiger partial charge in [-0.1, -0.05) is 0 Å². The maximum absolute atomic E-state index is 9.56. The third-order valence-electron chi connectivity index (χ3n) is 4.09. The summed E-state index contributed by atoms with van der Waals surface area (Å²) < 4.78 is 0. The van der Waals surface area contributed by atoms with Crippen molar-refractivity contribution in [1.29, 1.82) is 0 Å². The molecule has 1 aromatic heterocycles. The first kappa shape index (κ1) is 14.2. The van der Waals surface area contributed by atoms with Crippen molar-refractivity contribution in [3.8, 4) is 5.75 Å². The van der Waals surface area contributed by atoms with Crippen molar-refractivity contribution in [2.24, 2.45) is 0 Å². The van der Waals surface area contributed by atoms with Gasteiger partial charge < -0.3 is 20.2 Å². The first-order chi connectivity index (χ1) is 10.2. The Bertz CT molecular complexity index is 589. The number of aromatic amines is 1. The Balaban J connectivity index is 1.47. The van der Waals surface area contributed by atoms with Crippen LogP contribution in [0.15, 0.2) is 18.2 Å². The highest BCUT2D eigenvalue weighted by Crippen LogP contribution is 2.24. The van der Waals surface area contributed by atoms with Crippen molar-refractivity contribution >= 4 is 16.7 Å². The molecule has 6 heteroatoms. The van der Waals surface area contributed by atoms with E-state index >= 15 is 0 Å². The molecule has 3 N–H and O–H groups in total. The lowest BCUT2D eigenvalue weighted by Crippen LogP contribution is -2.44. The average Bonchev–Trinajstić information content (AvgIpc) is 2.88. The maximum Gasteiger partial charge on any atom is 0.155 e. The Labute approximate surface area is 124 Å². The Kier molecular flexibility index (Phi) is 4.26. The minimum atomic E-state index is 0.268. The summed E-state index contributed by atoms with van der Waals surface area (Å²) in [6.45, 7) is 6.66. The van der Waals surface area contributed by atoms with E-state index in [1.54, 1.807) is 12.1 Å². The van der Waals surface area contributed by atoms with E-state index < -0.39 is 0 Å². The molecule has 3 rings (SSSR count). The van der Waals surface area contributed by atoms with E-state index in [4.69, 9.17) is 0 Å². The fourth-order valence-electron chi connectivity index (χ4n) is 2.72. The summed E-state index contributed by atoms with van der Waals surface area (Å²) in [7, 11) is 2.18. The van der Waals surface area contributed by atoms with E-state index in [-0.39, 0.29) is 5.75 Å². The summed E-state index contributed by atoms with van der Waals surface area (Å²) in [5.41, 5.74) is 0.939.